The van der Waals surface area contributed by atoms with Gasteiger partial charge in [-0.05, 0) is 57.8 Å². The Balaban J connectivity index is 1.70. The van der Waals surface area contributed by atoms with Gasteiger partial charge in [0, 0.05) is 11.4 Å². The van der Waals surface area contributed by atoms with E-state index in [1.165, 1.54) is 0 Å². The standard InChI is InChI=1S/C31H24N2O/c1-20-15-17-24(18-16-20)33-30(29(32)27(31(33)34)21-9-3-2-4-10-21)28-25-13-7-5-11-22(25)19-23-12-6-8-14-26(23)28/h2-19,30H,32H2,1H3. The van der Waals surface area contributed by atoms with Crippen LogP contribution in [-0.4, -0.2) is 5.91 Å². The summed E-state index contributed by atoms with van der Waals surface area (Å²) in [5, 5.41) is 4.48. The van der Waals surface area contributed by atoms with E-state index in [0.29, 0.717) is 11.3 Å². The lowest BCUT2D eigenvalue weighted by atomic mass is 9.90. The van der Waals surface area contributed by atoms with Crippen molar-refractivity contribution in [2.45, 2.75) is 13.0 Å². The first-order valence-corrected chi connectivity index (χ1v) is 11.5. The second-order valence-electron chi connectivity index (χ2n) is 8.84. The lowest BCUT2D eigenvalue weighted by Crippen LogP contribution is -2.31. The molecule has 0 bridgehead atoms. The van der Waals surface area contributed by atoms with E-state index >= 15 is 0 Å². The fourth-order valence-corrected chi connectivity index (χ4v) is 5.13. The monoisotopic (exact) mass is 440 g/mol. The van der Waals surface area contributed by atoms with Gasteiger partial charge in [-0.1, -0.05) is 96.6 Å². The lowest BCUT2D eigenvalue weighted by Gasteiger charge is -2.29. The van der Waals surface area contributed by atoms with Crippen LogP contribution in [0.2, 0.25) is 0 Å². The summed E-state index contributed by atoms with van der Waals surface area (Å²) in [6.45, 7) is 2.05. The summed E-state index contributed by atoms with van der Waals surface area (Å²) in [6, 6.07) is 36.3. The fraction of sp³-hybridized carbons (Fsp3) is 0.0645. The molecule has 1 aliphatic rings. The third kappa shape index (κ3) is 3.09. The predicted molar refractivity (Wildman–Crippen MR) is 140 cm³/mol. The number of nitrogens with two attached hydrogens (primary N) is 1. The summed E-state index contributed by atoms with van der Waals surface area (Å²) >= 11 is 0. The molecular weight excluding hydrogens is 416 g/mol. The summed E-state index contributed by atoms with van der Waals surface area (Å²) in [6.07, 6.45) is 0. The van der Waals surface area contributed by atoms with Crippen molar-refractivity contribution >= 4 is 38.7 Å². The van der Waals surface area contributed by atoms with E-state index in [2.05, 4.69) is 30.3 Å². The van der Waals surface area contributed by atoms with Gasteiger partial charge in [0.15, 0.2) is 0 Å². The minimum Gasteiger partial charge on any atom is -0.399 e. The van der Waals surface area contributed by atoms with Crippen LogP contribution in [-0.2, 0) is 4.79 Å². The zero-order valence-corrected chi connectivity index (χ0v) is 18.9. The zero-order chi connectivity index (χ0) is 23.2. The van der Waals surface area contributed by atoms with Crippen molar-refractivity contribution in [2.75, 3.05) is 4.90 Å². The molecular formula is C31H24N2O. The van der Waals surface area contributed by atoms with E-state index in [1.807, 2.05) is 90.7 Å². The first kappa shape index (κ1) is 20.3. The number of rotatable bonds is 3. The molecule has 0 aliphatic carbocycles. The van der Waals surface area contributed by atoms with Gasteiger partial charge in [-0.25, -0.2) is 0 Å². The van der Waals surface area contributed by atoms with Crippen LogP contribution in [0, 0.1) is 6.92 Å². The molecule has 0 spiro atoms. The topological polar surface area (TPSA) is 46.3 Å². The van der Waals surface area contributed by atoms with Gasteiger partial charge in [0.05, 0.1) is 5.57 Å². The van der Waals surface area contributed by atoms with E-state index in [9.17, 15) is 4.79 Å². The number of hydrogen-bond acceptors (Lipinski definition) is 2. The quantitative estimate of drug-likeness (QED) is 0.315. The van der Waals surface area contributed by atoms with Gasteiger partial charge in [-0.15, -0.1) is 0 Å². The smallest absolute Gasteiger partial charge is 0.261 e. The summed E-state index contributed by atoms with van der Waals surface area (Å²) < 4.78 is 0. The fourth-order valence-electron chi connectivity index (χ4n) is 5.13. The average molecular weight is 441 g/mol. The van der Waals surface area contributed by atoms with Gasteiger partial charge in [-0.3, -0.25) is 9.69 Å². The molecule has 0 saturated carbocycles. The SMILES string of the molecule is Cc1ccc(N2C(=O)C(c3ccccc3)=C(N)C2c2c3ccccc3cc3ccccc23)cc1. The van der Waals surface area contributed by atoms with Crippen molar-refractivity contribution < 1.29 is 4.79 Å². The third-order valence-corrected chi connectivity index (χ3v) is 6.74. The van der Waals surface area contributed by atoms with Crippen LogP contribution >= 0.6 is 0 Å². The minimum atomic E-state index is -0.415. The second kappa shape index (κ2) is 7.89. The van der Waals surface area contributed by atoms with Crippen molar-refractivity contribution in [3.05, 3.63) is 132 Å². The highest BCUT2D eigenvalue weighted by molar-refractivity contribution is 6.30. The summed E-state index contributed by atoms with van der Waals surface area (Å²) in [4.78, 5) is 15.9. The van der Waals surface area contributed by atoms with Crippen molar-refractivity contribution in [3.8, 4) is 0 Å². The Hall–Kier alpha value is -4.37. The average Bonchev–Trinajstić information content (AvgIpc) is 3.13. The van der Waals surface area contributed by atoms with Crippen molar-refractivity contribution in [1.29, 1.82) is 0 Å². The molecule has 0 saturated heterocycles. The molecule has 1 aliphatic heterocycles. The first-order chi connectivity index (χ1) is 16.6. The Morgan fingerprint density at radius 3 is 1.88 bits per heavy atom. The molecule has 0 radical (unpaired) electrons. The Labute approximate surface area is 198 Å². The molecule has 1 unspecified atom stereocenters. The Morgan fingerprint density at radius 2 is 1.26 bits per heavy atom. The molecule has 5 aromatic carbocycles. The van der Waals surface area contributed by atoms with Crippen LogP contribution in [0.25, 0.3) is 27.1 Å². The molecule has 3 nitrogen and oxygen atoms in total. The van der Waals surface area contributed by atoms with Crippen LogP contribution in [0.15, 0.2) is 115 Å². The molecule has 34 heavy (non-hydrogen) atoms. The third-order valence-electron chi connectivity index (χ3n) is 6.74. The largest absolute Gasteiger partial charge is 0.399 e. The molecule has 2 N–H and O–H groups in total. The highest BCUT2D eigenvalue weighted by Crippen LogP contribution is 2.46. The highest BCUT2D eigenvalue weighted by atomic mass is 16.2. The zero-order valence-electron chi connectivity index (χ0n) is 18.9. The van der Waals surface area contributed by atoms with Crippen LogP contribution in [0.4, 0.5) is 5.69 Å². The van der Waals surface area contributed by atoms with Gasteiger partial charge in [0.2, 0.25) is 0 Å². The van der Waals surface area contributed by atoms with E-state index < -0.39 is 6.04 Å². The second-order valence-corrected chi connectivity index (χ2v) is 8.84. The number of carbonyl (C=O) groups is 1. The Morgan fingerprint density at radius 1 is 0.706 bits per heavy atom. The van der Waals surface area contributed by atoms with Crippen LogP contribution in [0.3, 0.4) is 0 Å². The van der Waals surface area contributed by atoms with Gasteiger partial charge in [-0.2, -0.15) is 0 Å². The molecule has 6 rings (SSSR count). The van der Waals surface area contributed by atoms with Crippen molar-refractivity contribution in [1.82, 2.24) is 0 Å². The molecule has 1 amide bonds. The van der Waals surface area contributed by atoms with Crippen molar-refractivity contribution in [2.24, 2.45) is 5.73 Å². The van der Waals surface area contributed by atoms with Crippen LogP contribution < -0.4 is 10.6 Å². The maximum atomic E-state index is 14.0. The van der Waals surface area contributed by atoms with E-state index in [-0.39, 0.29) is 5.91 Å². The maximum Gasteiger partial charge on any atom is 0.261 e. The first-order valence-electron chi connectivity index (χ1n) is 11.5. The van der Waals surface area contributed by atoms with Gasteiger partial charge in [0.1, 0.15) is 6.04 Å². The Kier molecular flexibility index (Phi) is 4.70. The molecule has 0 fully saturated rings. The highest BCUT2D eigenvalue weighted by Gasteiger charge is 2.41. The minimum absolute atomic E-state index is 0.0745. The van der Waals surface area contributed by atoms with Gasteiger partial charge in [0.25, 0.3) is 5.91 Å². The Bertz CT molecular complexity index is 1530. The van der Waals surface area contributed by atoms with Crippen molar-refractivity contribution in [3.63, 3.8) is 0 Å². The molecule has 1 heterocycles. The summed E-state index contributed by atoms with van der Waals surface area (Å²) in [7, 11) is 0. The summed E-state index contributed by atoms with van der Waals surface area (Å²) in [5.74, 6) is -0.0745. The van der Waals surface area contributed by atoms with E-state index in [4.69, 9.17) is 5.73 Å². The molecule has 1 atom stereocenters. The van der Waals surface area contributed by atoms with E-state index in [1.54, 1.807) is 0 Å². The molecule has 0 aromatic heterocycles. The number of amides is 1. The number of carbonyl (C=O) groups excluding carboxylic acids is 1. The number of nitrogens with zero attached hydrogens (tertiary/aromatic N) is 1. The number of fused-ring (bicyclic) bond motifs is 2. The van der Waals surface area contributed by atoms with Gasteiger partial charge >= 0.3 is 0 Å². The normalized spacial score (nSPS) is 16.1. The lowest BCUT2D eigenvalue weighted by molar-refractivity contribution is -0.113. The predicted octanol–water partition coefficient (Wildman–Crippen LogP) is 6.76. The van der Waals surface area contributed by atoms with E-state index in [0.717, 1.165) is 43.9 Å². The van der Waals surface area contributed by atoms with Gasteiger partial charge < -0.3 is 5.73 Å². The number of aryl methyl sites for hydroxylation is 1. The van der Waals surface area contributed by atoms with Crippen LogP contribution in [0.1, 0.15) is 22.7 Å². The summed E-state index contributed by atoms with van der Waals surface area (Å²) in [5.41, 5.74) is 12.0. The molecule has 3 heteroatoms. The number of anilines is 1. The molecule has 5 aromatic rings. The number of benzene rings is 5. The maximum absolute atomic E-state index is 14.0. The van der Waals surface area contributed by atoms with Crippen LogP contribution in [0.5, 0.6) is 0 Å². The number of hydrogen-bond donors (Lipinski definition) is 1. The molecule has 164 valence electrons.